The lowest BCUT2D eigenvalue weighted by Gasteiger charge is -2.31. The maximum absolute atomic E-state index is 12.0. The Balaban J connectivity index is 1.30. The van der Waals surface area contributed by atoms with Crippen molar-refractivity contribution in [2.45, 2.75) is 44.7 Å². The van der Waals surface area contributed by atoms with Crippen molar-refractivity contribution in [3.8, 4) is 0 Å². The summed E-state index contributed by atoms with van der Waals surface area (Å²) in [6.45, 7) is 2.14. The van der Waals surface area contributed by atoms with Crippen molar-refractivity contribution < 1.29 is 9.53 Å². The van der Waals surface area contributed by atoms with Crippen LogP contribution in [0, 0.1) is 0 Å². The maximum atomic E-state index is 12.0. The van der Waals surface area contributed by atoms with Crippen LogP contribution in [-0.4, -0.2) is 48.9 Å². The Labute approximate surface area is 212 Å². The second-order valence-corrected chi connectivity index (χ2v) is 9.44. The molecule has 0 spiro atoms. The molecule has 0 saturated heterocycles. The van der Waals surface area contributed by atoms with Gasteiger partial charge >= 0.3 is 5.97 Å². The molecule has 2 aromatic carbocycles. The highest BCUT2D eigenvalue weighted by atomic mass is 32.1. The summed E-state index contributed by atoms with van der Waals surface area (Å²) in [7, 11) is 4.12. The Morgan fingerprint density at radius 2 is 1.80 bits per heavy atom. The molecule has 0 radical (unpaired) electrons. The van der Waals surface area contributed by atoms with Crippen LogP contribution >= 0.6 is 12.2 Å². The third kappa shape index (κ3) is 6.39. The molecule has 0 atom stereocenters. The monoisotopic (exact) mass is 491 g/mol. The molecule has 8 heteroatoms. The number of benzene rings is 2. The van der Waals surface area contributed by atoms with Crippen molar-refractivity contribution in [1.29, 1.82) is 0 Å². The normalized spacial score (nSPS) is 17.5. The zero-order valence-corrected chi connectivity index (χ0v) is 21.3. The van der Waals surface area contributed by atoms with Crippen LogP contribution in [0.15, 0.2) is 54.6 Å². The topological polar surface area (TPSA) is 78.5 Å². The zero-order valence-electron chi connectivity index (χ0n) is 20.5. The van der Waals surface area contributed by atoms with Crippen LogP contribution in [0.1, 0.15) is 43.0 Å². The van der Waals surface area contributed by atoms with Crippen LogP contribution in [0.5, 0.6) is 0 Å². The number of carbonyl (C=O) groups excluding carboxylic acids is 1. The average Bonchev–Trinajstić information content (AvgIpc) is 2.85. The van der Waals surface area contributed by atoms with Gasteiger partial charge in [0, 0.05) is 49.0 Å². The van der Waals surface area contributed by atoms with Gasteiger partial charge in [-0.1, -0.05) is 24.3 Å². The molecule has 0 amide bonds. The molecule has 3 N–H and O–H groups in total. The molecule has 0 aliphatic heterocycles. The Morgan fingerprint density at radius 3 is 2.54 bits per heavy atom. The molecule has 7 nitrogen and oxygen atoms in total. The van der Waals surface area contributed by atoms with Crippen LogP contribution in [0.3, 0.4) is 0 Å². The van der Waals surface area contributed by atoms with Crippen LogP contribution < -0.4 is 20.9 Å². The molecule has 1 aliphatic carbocycles. The zero-order chi connectivity index (χ0) is 24.8. The third-order valence-electron chi connectivity index (χ3n) is 6.22. The average molecular weight is 492 g/mol. The number of pyridine rings is 1. The largest absolute Gasteiger partial charge is 0.462 e. The minimum absolute atomic E-state index is 0.309. The second-order valence-electron chi connectivity index (χ2n) is 9.03. The molecule has 4 rings (SSSR count). The molecule has 0 bridgehead atoms. The summed E-state index contributed by atoms with van der Waals surface area (Å²) in [6.07, 6.45) is 4.09. The van der Waals surface area contributed by atoms with E-state index < -0.39 is 0 Å². The summed E-state index contributed by atoms with van der Waals surface area (Å²) in [4.78, 5) is 18.9. The molecular formula is C27H33N5O2S. The Morgan fingerprint density at radius 1 is 1.06 bits per heavy atom. The quantitative estimate of drug-likeness (QED) is 0.308. The summed E-state index contributed by atoms with van der Waals surface area (Å²) in [5, 5.41) is 12.0. The second kappa shape index (κ2) is 11.4. The van der Waals surface area contributed by atoms with Crippen molar-refractivity contribution in [2.24, 2.45) is 0 Å². The van der Waals surface area contributed by atoms with Gasteiger partial charge in [-0.2, -0.15) is 0 Å². The number of para-hydroxylation sites is 1. The first-order valence-corrected chi connectivity index (χ1v) is 12.5. The highest BCUT2D eigenvalue weighted by Crippen LogP contribution is 2.29. The van der Waals surface area contributed by atoms with E-state index in [0.717, 1.165) is 53.8 Å². The first-order chi connectivity index (χ1) is 16.9. The van der Waals surface area contributed by atoms with Crippen LogP contribution in [0.4, 0.5) is 17.2 Å². The number of esters is 1. The summed E-state index contributed by atoms with van der Waals surface area (Å²) < 4.78 is 5.07. The Hall–Kier alpha value is -3.39. The van der Waals surface area contributed by atoms with Gasteiger partial charge in [-0.15, -0.1) is 0 Å². The Bertz CT molecular complexity index is 1190. The van der Waals surface area contributed by atoms with Crippen LogP contribution in [-0.2, 0) is 4.74 Å². The molecule has 1 fully saturated rings. The number of hydrogen-bond acceptors (Lipinski definition) is 6. The molecule has 1 aromatic heterocycles. The fourth-order valence-electron chi connectivity index (χ4n) is 4.48. The van der Waals surface area contributed by atoms with E-state index in [0.29, 0.717) is 29.4 Å². The number of anilines is 3. The van der Waals surface area contributed by atoms with Gasteiger partial charge in [-0.25, -0.2) is 9.78 Å². The number of fused-ring (bicyclic) bond motifs is 1. The number of ether oxygens (including phenoxy) is 1. The summed E-state index contributed by atoms with van der Waals surface area (Å²) in [6, 6.07) is 18.3. The van der Waals surface area contributed by atoms with Crippen molar-refractivity contribution in [2.75, 3.05) is 36.2 Å². The molecule has 184 valence electrons. The molecule has 1 aliphatic rings. The number of rotatable bonds is 7. The van der Waals surface area contributed by atoms with Gasteiger partial charge in [0.15, 0.2) is 5.11 Å². The molecule has 3 aromatic rings. The predicted molar refractivity (Wildman–Crippen MR) is 147 cm³/mol. The molecule has 1 heterocycles. The van der Waals surface area contributed by atoms with Gasteiger partial charge in [0.05, 0.1) is 17.7 Å². The van der Waals surface area contributed by atoms with Crippen molar-refractivity contribution in [1.82, 2.24) is 10.3 Å². The first kappa shape index (κ1) is 24.7. The van der Waals surface area contributed by atoms with E-state index in [9.17, 15) is 4.79 Å². The summed E-state index contributed by atoms with van der Waals surface area (Å²) >= 11 is 5.53. The van der Waals surface area contributed by atoms with E-state index >= 15 is 0 Å². The number of aromatic nitrogens is 1. The van der Waals surface area contributed by atoms with E-state index in [-0.39, 0.29) is 5.97 Å². The fraction of sp³-hybridized carbons (Fsp3) is 0.370. The summed E-state index contributed by atoms with van der Waals surface area (Å²) in [5.74, 6) is 0.585. The van der Waals surface area contributed by atoms with E-state index in [4.69, 9.17) is 21.9 Å². The van der Waals surface area contributed by atoms with Crippen LogP contribution in [0.25, 0.3) is 10.9 Å². The lowest BCUT2D eigenvalue weighted by Crippen LogP contribution is -2.42. The SMILES string of the molecule is CCOC(=O)c1cccc(NC(=S)NC2CCC(Nc3cc(N(C)C)c4ccccc4n3)CC2)c1. The van der Waals surface area contributed by atoms with Crippen molar-refractivity contribution in [3.63, 3.8) is 0 Å². The highest BCUT2D eigenvalue weighted by Gasteiger charge is 2.22. The van der Waals surface area contributed by atoms with E-state index in [1.165, 1.54) is 0 Å². The lowest BCUT2D eigenvalue weighted by molar-refractivity contribution is 0.0526. The van der Waals surface area contributed by atoms with Gasteiger partial charge in [0.1, 0.15) is 5.82 Å². The standard InChI is InChI=1S/C27H33N5O2S/c1-4-34-26(33)18-8-7-9-21(16-18)30-27(35)29-20-14-12-19(13-15-20)28-25-17-24(32(2)3)22-10-5-6-11-23(22)31-25/h5-11,16-17,19-20H,4,12-15H2,1-3H3,(H,28,31)(H2,29,30,35). The molecule has 35 heavy (non-hydrogen) atoms. The van der Waals surface area contributed by atoms with Crippen molar-refractivity contribution >= 4 is 51.4 Å². The number of nitrogens with one attached hydrogen (secondary N) is 3. The van der Waals surface area contributed by atoms with Gasteiger partial charge < -0.3 is 25.6 Å². The lowest BCUT2D eigenvalue weighted by atomic mass is 9.91. The van der Waals surface area contributed by atoms with Gasteiger partial charge in [-0.3, -0.25) is 0 Å². The number of thiocarbonyl (C=S) groups is 1. The van der Waals surface area contributed by atoms with E-state index in [2.05, 4.69) is 59.2 Å². The molecule has 0 unspecified atom stereocenters. The Kier molecular flexibility index (Phi) is 8.02. The molecular weight excluding hydrogens is 458 g/mol. The minimum atomic E-state index is -0.334. The predicted octanol–water partition coefficient (Wildman–Crippen LogP) is 5.19. The van der Waals surface area contributed by atoms with Gasteiger partial charge in [-0.05, 0) is 69.1 Å². The van der Waals surface area contributed by atoms with Gasteiger partial charge in [0.2, 0.25) is 0 Å². The first-order valence-electron chi connectivity index (χ1n) is 12.1. The third-order valence-corrected chi connectivity index (χ3v) is 6.44. The summed E-state index contributed by atoms with van der Waals surface area (Å²) in [5.41, 5.74) is 3.44. The van der Waals surface area contributed by atoms with Gasteiger partial charge in [0.25, 0.3) is 0 Å². The number of hydrogen-bond donors (Lipinski definition) is 3. The van der Waals surface area contributed by atoms with E-state index in [1.54, 1.807) is 19.1 Å². The van der Waals surface area contributed by atoms with E-state index in [1.807, 2.05) is 18.2 Å². The maximum Gasteiger partial charge on any atom is 0.338 e. The number of nitrogens with zero attached hydrogens (tertiary/aromatic N) is 2. The van der Waals surface area contributed by atoms with Crippen molar-refractivity contribution in [3.05, 3.63) is 60.2 Å². The van der Waals surface area contributed by atoms with Crippen LogP contribution in [0.2, 0.25) is 0 Å². The highest BCUT2D eigenvalue weighted by molar-refractivity contribution is 7.80. The smallest absolute Gasteiger partial charge is 0.338 e. The molecule has 1 saturated carbocycles. The fourth-order valence-corrected chi connectivity index (χ4v) is 4.77. The number of carbonyl (C=O) groups is 1. The minimum Gasteiger partial charge on any atom is -0.462 e.